The molecule has 1 fully saturated rings. The number of amides is 3. The SMILES string of the molecule is CCC[N+]1(N(C=O)NC=O)CC(C)C(C)C1=O. The zero-order chi connectivity index (χ0) is 13.1. The van der Waals surface area contributed by atoms with Gasteiger partial charge in [-0.3, -0.25) is 9.59 Å². The number of quaternary nitrogens is 1. The summed E-state index contributed by atoms with van der Waals surface area (Å²) in [6.07, 6.45) is 1.69. The number of carbonyl (C=O) groups is 3. The molecule has 0 aliphatic carbocycles. The molecule has 17 heavy (non-hydrogen) atoms. The Hall–Kier alpha value is -1.43. The second-order valence-electron chi connectivity index (χ2n) is 4.63. The number of hydrogen-bond donors (Lipinski definition) is 1. The van der Waals surface area contributed by atoms with E-state index in [2.05, 4.69) is 5.43 Å². The van der Waals surface area contributed by atoms with E-state index >= 15 is 0 Å². The molecule has 3 unspecified atom stereocenters. The number of hydrogen-bond acceptors (Lipinski definition) is 3. The molecule has 0 bridgehead atoms. The summed E-state index contributed by atoms with van der Waals surface area (Å²) < 4.78 is -0.0962. The Morgan fingerprint density at radius 1 is 1.47 bits per heavy atom. The van der Waals surface area contributed by atoms with Crippen molar-refractivity contribution in [3.8, 4) is 0 Å². The molecule has 3 amide bonds. The first-order chi connectivity index (χ1) is 8.03. The van der Waals surface area contributed by atoms with E-state index in [4.69, 9.17) is 0 Å². The molecule has 1 aliphatic heterocycles. The summed E-state index contributed by atoms with van der Waals surface area (Å²) in [5.74, 6) is 0.0863. The van der Waals surface area contributed by atoms with Crippen molar-refractivity contribution >= 4 is 18.7 Å². The maximum absolute atomic E-state index is 12.3. The quantitative estimate of drug-likeness (QED) is 0.407. The standard InChI is InChI=1S/C11H19N3O3/c1-4-5-14(13(8-16)12-7-15)6-9(2)10(3)11(14)17/h7-10H,4-6H2,1-3H3/p+1. The van der Waals surface area contributed by atoms with Gasteiger partial charge in [0.2, 0.25) is 6.41 Å². The fourth-order valence-corrected chi connectivity index (χ4v) is 2.51. The molecule has 0 aromatic rings. The molecular formula is C11H20N3O3+. The first-order valence-electron chi connectivity index (χ1n) is 5.89. The van der Waals surface area contributed by atoms with E-state index in [1.807, 2.05) is 20.8 Å². The predicted octanol–water partition coefficient (Wildman–Crippen LogP) is 0.0600. The van der Waals surface area contributed by atoms with Gasteiger partial charge in [-0.05, 0) is 13.3 Å². The second-order valence-corrected chi connectivity index (χ2v) is 4.63. The van der Waals surface area contributed by atoms with E-state index in [0.29, 0.717) is 25.9 Å². The number of likely N-dealkylation sites (tertiary alicyclic amines) is 1. The largest absolute Gasteiger partial charge is 0.343 e. The van der Waals surface area contributed by atoms with Crippen molar-refractivity contribution in [2.24, 2.45) is 11.8 Å². The summed E-state index contributed by atoms with van der Waals surface area (Å²) in [5, 5.41) is 1.08. The van der Waals surface area contributed by atoms with Crippen molar-refractivity contribution in [3.63, 3.8) is 0 Å². The zero-order valence-electron chi connectivity index (χ0n) is 10.5. The molecule has 1 N–H and O–H groups in total. The third kappa shape index (κ3) is 2.17. The van der Waals surface area contributed by atoms with Gasteiger partial charge in [0, 0.05) is 5.92 Å². The molecule has 3 atom stereocenters. The van der Waals surface area contributed by atoms with Crippen LogP contribution in [0.15, 0.2) is 0 Å². The average molecular weight is 242 g/mol. The van der Waals surface area contributed by atoms with E-state index in [-0.39, 0.29) is 22.3 Å². The van der Waals surface area contributed by atoms with Gasteiger partial charge in [-0.1, -0.05) is 19.0 Å². The minimum Gasteiger partial charge on any atom is -0.277 e. The smallest absolute Gasteiger partial charge is 0.277 e. The maximum atomic E-state index is 12.3. The Morgan fingerprint density at radius 2 is 2.12 bits per heavy atom. The summed E-state index contributed by atoms with van der Waals surface area (Å²) in [4.78, 5) is 33.9. The summed E-state index contributed by atoms with van der Waals surface area (Å²) >= 11 is 0. The number of rotatable bonds is 6. The average Bonchev–Trinajstić information content (AvgIpc) is 2.52. The van der Waals surface area contributed by atoms with E-state index in [0.717, 1.165) is 11.5 Å². The van der Waals surface area contributed by atoms with Crippen LogP contribution in [0.5, 0.6) is 0 Å². The highest BCUT2D eigenvalue weighted by atomic mass is 16.2. The molecule has 0 saturated carbocycles. The van der Waals surface area contributed by atoms with Gasteiger partial charge in [0.15, 0.2) is 0 Å². The minimum atomic E-state index is -0.0996. The first kappa shape index (κ1) is 13.6. The fraction of sp³-hybridized carbons (Fsp3) is 0.727. The summed E-state index contributed by atoms with van der Waals surface area (Å²) in [5.41, 5.74) is 2.31. The topological polar surface area (TPSA) is 66.5 Å². The van der Waals surface area contributed by atoms with E-state index in [1.165, 1.54) is 0 Å². The van der Waals surface area contributed by atoms with Gasteiger partial charge in [0.1, 0.15) is 13.1 Å². The van der Waals surface area contributed by atoms with Crippen molar-refractivity contribution < 1.29 is 19.0 Å². The van der Waals surface area contributed by atoms with Crippen LogP contribution >= 0.6 is 0 Å². The molecular weight excluding hydrogens is 222 g/mol. The van der Waals surface area contributed by atoms with Gasteiger partial charge >= 0.3 is 5.91 Å². The summed E-state index contributed by atoms with van der Waals surface area (Å²) in [6.45, 7) is 6.88. The number of hydrazine groups is 1. The Balaban J connectivity index is 3.08. The monoisotopic (exact) mass is 242 g/mol. The Labute approximate surface area is 101 Å². The van der Waals surface area contributed by atoms with Gasteiger partial charge in [0.05, 0.1) is 5.92 Å². The number of nitrogens with one attached hydrogen (secondary N) is 1. The zero-order valence-corrected chi connectivity index (χ0v) is 10.5. The van der Waals surface area contributed by atoms with Crippen molar-refractivity contribution in [3.05, 3.63) is 0 Å². The van der Waals surface area contributed by atoms with Crippen LogP contribution in [-0.4, -0.2) is 41.5 Å². The third-order valence-electron chi connectivity index (χ3n) is 3.53. The van der Waals surface area contributed by atoms with Gasteiger partial charge in [-0.15, -0.1) is 4.59 Å². The van der Waals surface area contributed by atoms with Crippen molar-refractivity contribution in [1.29, 1.82) is 0 Å². The van der Waals surface area contributed by atoms with E-state index in [1.54, 1.807) is 0 Å². The van der Waals surface area contributed by atoms with Crippen molar-refractivity contribution in [2.75, 3.05) is 13.1 Å². The van der Waals surface area contributed by atoms with Crippen LogP contribution in [0.25, 0.3) is 0 Å². The molecule has 0 aromatic carbocycles. The molecule has 1 heterocycles. The lowest BCUT2D eigenvalue weighted by atomic mass is 10.0. The Bertz CT molecular complexity index is 321. The third-order valence-corrected chi connectivity index (χ3v) is 3.53. The second kappa shape index (κ2) is 5.27. The Morgan fingerprint density at radius 3 is 2.47 bits per heavy atom. The molecule has 1 saturated heterocycles. The molecule has 1 rings (SSSR count). The minimum absolute atomic E-state index is 0.0131. The number of carbonyl (C=O) groups excluding carboxylic acids is 3. The first-order valence-corrected chi connectivity index (χ1v) is 5.89. The van der Waals surface area contributed by atoms with Gasteiger partial charge in [0.25, 0.3) is 6.41 Å². The lowest BCUT2D eigenvalue weighted by molar-refractivity contribution is -0.955. The summed E-state index contributed by atoms with van der Waals surface area (Å²) in [7, 11) is 0. The maximum Gasteiger partial charge on any atom is 0.343 e. The van der Waals surface area contributed by atoms with Gasteiger partial charge in [-0.2, -0.15) is 0 Å². The van der Waals surface area contributed by atoms with Crippen LogP contribution in [0.1, 0.15) is 27.2 Å². The number of nitrogens with zero attached hydrogens (tertiary/aromatic N) is 2. The fourth-order valence-electron chi connectivity index (χ4n) is 2.51. The molecule has 0 radical (unpaired) electrons. The molecule has 96 valence electrons. The lowest BCUT2D eigenvalue weighted by Gasteiger charge is -2.36. The van der Waals surface area contributed by atoms with Crippen LogP contribution in [0.2, 0.25) is 0 Å². The van der Waals surface area contributed by atoms with Crippen LogP contribution in [0.4, 0.5) is 0 Å². The van der Waals surface area contributed by atoms with Crippen molar-refractivity contribution in [1.82, 2.24) is 10.5 Å². The normalized spacial score (nSPS) is 32.3. The highest BCUT2D eigenvalue weighted by Crippen LogP contribution is 2.32. The van der Waals surface area contributed by atoms with Crippen LogP contribution in [0.3, 0.4) is 0 Å². The molecule has 6 heteroatoms. The predicted molar refractivity (Wildman–Crippen MR) is 60.7 cm³/mol. The van der Waals surface area contributed by atoms with Crippen LogP contribution in [-0.2, 0) is 14.4 Å². The lowest BCUT2D eigenvalue weighted by Crippen LogP contribution is -2.66. The molecule has 0 spiro atoms. The Kier molecular flexibility index (Phi) is 4.22. The van der Waals surface area contributed by atoms with Crippen molar-refractivity contribution in [2.45, 2.75) is 27.2 Å². The summed E-state index contributed by atoms with van der Waals surface area (Å²) in [6, 6.07) is 0. The van der Waals surface area contributed by atoms with Crippen LogP contribution in [0, 0.1) is 11.8 Å². The highest BCUT2D eigenvalue weighted by molar-refractivity contribution is 5.74. The van der Waals surface area contributed by atoms with Gasteiger partial charge in [-0.25, -0.2) is 10.2 Å². The van der Waals surface area contributed by atoms with Gasteiger partial charge < -0.3 is 0 Å². The van der Waals surface area contributed by atoms with E-state index < -0.39 is 0 Å². The molecule has 1 aliphatic rings. The molecule has 6 nitrogen and oxygen atoms in total. The highest BCUT2D eigenvalue weighted by Gasteiger charge is 2.54. The van der Waals surface area contributed by atoms with E-state index in [9.17, 15) is 14.4 Å². The molecule has 0 aromatic heterocycles. The van der Waals surface area contributed by atoms with Crippen LogP contribution < -0.4 is 5.43 Å².